The summed E-state index contributed by atoms with van der Waals surface area (Å²) in [6, 6.07) is 20.4. The highest BCUT2D eigenvalue weighted by atomic mass is 16.1. The summed E-state index contributed by atoms with van der Waals surface area (Å²) in [4.78, 5) is 23.0. The number of benzene rings is 2. The molecule has 1 aliphatic rings. The minimum Gasteiger partial charge on any atom is -0.268 e. The van der Waals surface area contributed by atoms with Crippen LogP contribution < -0.4 is 5.56 Å². The molecule has 0 bridgehead atoms. The van der Waals surface area contributed by atoms with Gasteiger partial charge in [0.2, 0.25) is 5.78 Å². The molecule has 2 aromatic carbocycles. The van der Waals surface area contributed by atoms with Crippen LogP contribution in [-0.2, 0) is 6.42 Å². The standard InChI is InChI=1S/C25H19N5O/c31-24-21-20(17-10-5-2-6-11-17)19-13-7-12-18(14-16-8-3-1-4-9-16)22(19)27-23(21)28-25-29-26-15-30(24)25/h1-6,8-11,14-15H,7,12-13H2,(H,27,28,29). The first-order chi connectivity index (χ1) is 15.3. The zero-order valence-corrected chi connectivity index (χ0v) is 16.7. The highest BCUT2D eigenvalue weighted by molar-refractivity contribution is 5.98. The van der Waals surface area contributed by atoms with Gasteiger partial charge in [-0.1, -0.05) is 60.7 Å². The van der Waals surface area contributed by atoms with Crippen molar-refractivity contribution >= 4 is 28.5 Å². The average Bonchev–Trinajstić information content (AvgIpc) is 3.28. The fourth-order valence-electron chi connectivity index (χ4n) is 4.49. The molecule has 1 aliphatic carbocycles. The summed E-state index contributed by atoms with van der Waals surface area (Å²) in [6.07, 6.45) is 6.51. The number of aromatic amines is 1. The van der Waals surface area contributed by atoms with Crippen molar-refractivity contribution in [1.82, 2.24) is 24.6 Å². The molecule has 3 aromatic heterocycles. The largest absolute Gasteiger partial charge is 0.270 e. The third kappa shape index (κ3) is 2.87. The number of pyridine rings is 1. The molecule has 150 valence electrons. The van der Waals surface area contributed by atoms with Gasteiger partial charge in [-0.25, -0.2) is 14.5 Å². The Labute approximate surface area is 177 Å². The normalized spacial score (nSPS) is 14.9. The Balaban J connectivity index is 1.73. The monoisotopic (exact) mass is 405 g/mol. The van der Waals surface area contributed by atoms with Gasteiger partial charge in [0.1, 0.15) is 6.33 Å². The average molecular weight is 405 g/mol. The van der Waals surface area contributed by atoms with E-state index in [9.17, 15) is 4.79 Å². The lowest BCUT2D eigenvalue weighted by atomic mass is 9.84. The third-order valence-electron chi connectivity index (χ3n) is 5.87. The number of aromatic nitrogens is 5. The molecule has 0 unspecified atom stereocenters. The first-order valence-corrected chi connectivity index (χ1v) is 10.4. The second kappa shape index (κ2) is 7.02. The van der Waals surface area contributed by atoms with Crippen LogP contribution in [0.25, 0.3) is 39.6 Å². The van der Waals surface area contributed by atoms with Gasteiger partial charge in [-0.2, -0.15) is 10.1 Å². The van der Waals surface area contributed by atoms with E-state index in [-0.39, 0.29) is 5.56 Å². The topological polar surface area (TPSA) is 75.9 Å². The van der Waals surface area contributed by atoms with E-state index in [1.165, 1.54) is 16.3 Å². The predicted molar refractivity (Wildman–Crippen MR) is 122 cm³/mol. The van der Waals surface area contributed by atoms with E-state index in [1.807, 2.05) is 48.5 Å². The van der Waals surface area contributed by atoms with E-state index < -0.39 is 0 Å². The van der Waals surface area contributed by atoms with Crippen LogP contribution in [0.2, 0.25) is 0 Å². The number of allylic oxidation sites excluding steroid dienone is 1. The molecule has 6 heteroatoms. The van der Waals surface area contributed by atoms with Crippen molar-refractivity contribution in [3.05, 3.63) is 94.2 Å². The summed E-state index contributed by atoms with van der Waals surface area (Å²) < 4.78 is 1.45. The Bertz CT molecular complexity index is 1510. The van der Waals surface area contributed by atoms with Crippen LogP contribution in [0.1, 0.15) is 29.7 Å². The van der Waals surface area contributed by atoms with Crippen molar-refractivity contribution in [3.63, 3.8) is 0 Å². The molecule has 0 radical (unpaired) electrons. The third-order valence-corrected chi connectivity index (χ3v) is 5.87. The fraction of sp³-hybridized carbons (Fsp3) is 0.120. The van der Waals surface area contributed by atoms with Crippen LogP contribution in [0.15, 0.2) is 71.8 Å². The summed E-state index contributed by atoms with van der Waals surface area (Å²) in [5, 5.41) is 7.33. The molecule has 31 heavy (non-hydrogen) atoms. The Hall–Kier alpha value is -4.06. The molecular weight excluding hydrogens is 386 g/mol. The maximum atomic E-state index is 13.4. The minimum absolute atomic E-state index is 0.151. The Morgan fingerprint density at radius 3 is 2.52 bits per heavy atom. The SMILES string of the molecule is O=c1c2c(-c3ccccc3)c3c(nc2nc2[nH]ncn12)C(=Cc1ccccc1)CCC3. The second-order valence-corrected chi connectivity index (χ2v) is 7.78. The van der Waals surface area contributed by atoms with E-state index >= 15 is 0 Å². The van der Waals surface area contributed by atoms with Crippen molar-refractivity contribution in [2.24, 2.45) is 0 Å². The molecule has 0 saturated heterocycles. The Morgan fingerprint density at radius 1 is 0.935 bits per heavy atom. The lowest BCUT2D eigenvalue weighted by molar-refractivity contribution is 0.815. The summed E-state index contributed by atoms with van der Waals surface area (Å²) in [5.74, 6) is 0.397. The quantitative estimate of drug-likeness (QED) is 0.469. The van der Waals surface area contributed by atoms with Gasteiger partial charge >= 0.3 is 0 Å². The number of hydrogen-bond donors (Lipinski definition) is 1. The van der Waals surface area contributed by atoms with E-state index in [4.69, 9.17) is 4.98 Å². The van der Waals surface area contributed by atoms with Crippen molar-refractivity contribution in [3.8, 4) is 11.1 Å². The Kier molecular flexibility index (Phi) is 4.02. The van der Waals surface area contributed by atoms with E-state index in [0.29, 0.717) is 16.8 Å². The lowest BCUT2D eigenvalue weighted by Crippen LogP contribution is -2.18. The van der Waals surface area contributed by atoms with Gasteiger partial charge in [0.05, 0.1) is 11.1 Å². The van der Waals surface area contributed by atoms with Gasteiger partial charge in [-0.05, 0) is 47.6 Å². The highest BCUT2D eigenvalue weighted by Crippen LogP contribution is 2.39. The minimum atomic E-state index is -0.151. The fourth-order valence-corrected chi connectivity index (χ4v) is 4.49. The zero-order valence-electron chi connectivity index (χ0n) is 16.7. The van der Waals surface area contributed by atoms with Gasteiger partial charge in [0.15, 0.2) is 5.65 Å². The molecule has 1 N–H and O–H groups in total. The van der Waals surface area contributed by atoms with Crippen molar-refractivity contribution < 1.29 is 0 Å². The number of nitrogens with one attached hydrogen (secondary N) is 1. The van der Waals surface area contributed by atoms with Gasteiger partial charge in [-0.3, -0.25) is 4.79 Å². The lowest BCUT2D eigenvalue weighted by Gasteiger charge is -2.23. The van der Waals surface area contributed by atoms with E-state index in [0.717, 1.165) is 47.2 Å². The first-order valence-electron chi connectivity index (χ1n) is 10.4. The summed E-state index contributed by atoms with van der Waals surface area (Å²) in [7, 11) is 0. The molecular formula is C25H19N5O. The van der Waals surface area contributed by atoms with Crippen molar-refractivity contribution in [2.75, 3.05) is 0 Å². The Morgan fingerprint density at radius 2 is 1.71 bits per heavy atom. The maximum absolute atomic E-state index is 13.4. The van der Waals surface area contributed by atoms with Crippen LogP contribution in [0.3, 0.4) is 0 Å². The van der Waals surface area contributed by atoms with Crippen LogP contribution in [0.5, 0.6) is 0 Å². The van der Waals surface area contributed by atoms with Crippen molar-refractivity contribution in [2.45, 2.75) is 19.3 Å². The smallest absolute Gasteiger partial charge is 0.268 e. The molecule has 0 saturated carbocycles. The molecule has 0 atom stereocenters. The van der Waals surface area contributed by atoms with E-state index in [1.54, 1.807) is 0 Å². The molecule has 6 nitrogen and oxygen atoms in total. The van der Waals surface area contributed by atoms with Gasteiger partial charge in [0.25, 0.3) is 5.56 Å². The number of H-pyrrole nitrogens is 1. The zero-order chi connectivity index (χ0) is 20.8. The van der Waals surface area contributed by atoms with Crippen LogP contribution in [-0.4, -0.2) is 24.6 Å². The molecule has 3 heterocycles. The summed E-state index contributed by atoms with van der Waals surface area (Å²) in [5.41, 5.74) is 6.63. The molecule has 0 spiro atoms. The summed E-state index contributed by atoms with van der Waals surface area (Å²) in [6.45, 7) is 0. The van der Waals surface area contributed by atoms with Crippen molar-refractivity contribution in [1.29, 1.82) is 0 Å². The van der Waals surface area contributed by atoms with E-state index in [2.05, 4.69) is 33.4 Å². The highest BCUT2D eigenvalue weighted by Gasteiger charge is 2.25. The van der Waals surface area contributed by atoms with Gasteiger partial charge < -0.3 is 0 Å². The number of hydrogen-bond acceptors (Lipinski definition) is 4. The number of nitrogens with zero attached hydrogens (tertiary/aromatic N) is 4. The van der Waals surface area contributed by atoms with Crippen LogP contribution in [0.4, 0.5) is 0 Å². The molecule has 6 rings (SSSR count). The second-order valence-electron chi connectivity index (χ2n) is 7.78. The first kappa shape index (κ1) is 17.8. The number of rotatable bonds is 2. The summed E-state index contributed by atoms with van der Waals surface area (Å²) >= 11 is 0. The molecule has 0 aliphatic heterocycles. The molecule has 0 amide bonds. The molecule has 0 fully saturated rings. The van der Waals surface area contributed by atoms with Gasteiger partial charge in [-0.15, -0.1) is 0 Å². The maximum Gasteiger partial charge on any atom is 0.270 e. The van der Waals surface area contributed by atoms with Crippen LogP contribution in [0, 0.1) is 0 Å². The number of fused-ring (bicyclic) bond motifs is 3. The van der Waals surface area contributed by atoms with Crippen LogP contribution >= 0.6 is 0 Å². The van der Waals surface area contributed by atoms with Gasteiger partial charge in [0, 0.05) is 5.56 Å². The predicted octanol–water partition coefficient (Wildman–Crippen LogP) is 4.51. The molecule has 5 aromatic rings.